The molecule has 0 unspecified atom stereocenters. The lowest BCUT2D eigenvalue weighted by molar-refractivity contribution is -0.320. The van der Waals surface area contributed by atoms with Crippen LogP contribution in [0.1, 0.15) is 13.8 Å². The van der Waals surface area contributed by atoms with Crippen LogP contribution < -0.4 is 9.84 Å². The van der Waals surface area contributed by atoms with Crippen LogP contribution in [0.3, 0.4) is 0 Å². The van der Waals surface area contributed by atoms with Crippen LogP contribution in [0.15, 0.2) is 42.5 Å². The number of carboxylic acid groups (broad SMARTS) is 1. The number of aliphatic carboxylic acids is 1. The van der Waals surface area contributed by atoms with E-state index >= 15 is 0 Å². The van der Waals surface area contributed by atoms with Crippen molar-refractivity contribution in [3.8, 4) is 5.75 Å². The average molecular weight is 229 g/mol. The summed E-state index contributed by atoms with van der Waals surface area (Å²) in [5.74, 6) is -0.705. The van der Waals surface area contributed by atoms with Crippen LogP contribution in [0.2, 0.25) is 0 Å². The van der Waals surface area contributed by atoms with Gasteiger partial charge in [-0.05, 0) is 36.8 Å². The number of carbonyl (C=O) groups excluding carboxylic acids is 1. The third kappa shape index (κ3) is 2.38. The van der Waals surface area contributed by atoms with E-state index in [1.165, 1.54) is 13.8 Å². The van der Waals surface area contributed by atoms with Crippen molar-refractivity contribution in [2.45, 2.75) is 19.4 Å². The maximum atomic E-state index is 10.9. The van der Waals surface area contributed by atoms with Crippen molar-refractivity contribution in [2.24, 2.45) is 0 Å². The van der Waals surface area contributed by atoms with Crippen LogP contribution in [0, 0.1) is 0 Å². The highest BCUT2D eigenvalue weighted by atomic mass is 16.5. The Morgan fingerprint density at radius 1 is 1.12 bits per heavy atom. The van der Waals surface area contributed by atoms with E-state index in [1.807, 2.05) is 36.4 Å². The van der Waals surface area contributed by atoms with E-state index in [0.717, 1.165) is 10.8 Å². The lowest BCUT2D eigenvalue weighted by Crippen LogP contribution is -2.47. The highest BCUT2D eigenvalue weighted by Gasteiger charge is 2.21. The molecule has 17 heavy (non-hydrogen) atoms. The van der Waals surface area contributed by atoms with Gasteiger partial charge in [-0.15, -0.1) is 0 Å². The number of ether oxygens (including phenoxy) is 1. The minimum absolute atomic E-state index is 0.526. The fourth-order valence-corrected chi connectivity index (χ4v) is 1.57. The molecule has 0 fully saturated rings. The van der Waals surface area contributed by atoms with Gasteiger partial charge >= 0.3 is 0 Å². The highest BCUT2D eigenvalue weighted by molar-refractivity contribution is 5.84. The molecule has 0 aliphatic rings. The molecule has 0 radical (unpaired) electrons. The Bertz CT molecular complexity index is 558. The fraction of sp³-hybridized carbons (Fsp3) is 0.214. The summed E-state index contributed by atoms with van der Waals surface area (Å²) in [7, 11) is 0. The summed E-state index contributed by atoms with van der Waals surface area (Å²) in [5, 5.41) is 13.0. The molecule has 0 saturated carbocycles. The third-order valence-electron chi connectivity index (χ3n) is 2.59. The molecule has 3 heteroatoms. The van der Waals surface area contributed by atoms with Gasteiger partial charge in [0.25, 0.3) is 0 Å². The predicted octanol–water partition coefficient (Wildman–Crippen LogP) is 1.75. The van der Waals surface area contributed by atoms with Crippen LogP contribution in [0.5, 0.6) is 5.75 Å². The van der Waals surface area contributed by atoms with Gasteiger partial charge in [0.1, 0.15) is 11.4 Å². The van der Waals surface area contributed by atoms with E-state index in [2.05, 4.69) is 0 Å². The van der Waals surface area contributed by atoms with Crippen LogP contribution in [0.4, 0.5) is 0 Å². The Morgan fingerprint density at radius 3 is 2.41 bits per heavy atom. The SMILES string of the molecule is CC(C)(Oc1ccc2ccccc2c1)C(=O)[O-]. The molecule has 0 heterocycles. The smallest absolute Gasteiger partial charge is 0.143 e. The van der Waals surface area contributed by atoms with Crippen molar-refractivity contribution in [1.82, 2.24) is 0 Å². The molecule has 0 spiro atoms. The lowest BCUT2D eigenvalue weighted by Gasteiger charge is -2.27. The number of carbonyl (C=O) groups is 1. The zero-order valence-electron chi connectivity index (χ0n) is 9.77. The topological polar surface area (TPSA) is 49.4 Å². The summed E-state index contributed by atoms with van der Waals surface area (Å²) >= 11 is 0. The van der Waals surface area contributed by atoms with Crippen molar-refractivity contribution in [1.29, 1.82) is 0 Å². The Kier molecular flexibility index (Phi) is 2.76. The first-order chi connectivity index (χ1) is 7.99. The first-order valence-corrected chi connectivity index (χ1v) is 5.38. The molecule has 2 rings (SSSR count). The van der Waals surface area contributed by atoms with Crippen molar-refractivity contribution in [3.63, 3.8) is 0 Å². The fourth-order valence-electron chi connectivity index (χ4n) is 1.57. The second-order valence-electron chi connectivity index (χ2n) is 4.41. The molecule has 0 aliphatic heterocycles. The quantitative estimate of drug-likeness (QED) is 0.805. The summed E-state index contributed by atoms with van der Waals surface area (Å²) in [5.41, 5.74) is -1.33. The van der Waals surface area contributed by atoms with E-state index in [9.17, 15) is 9.90 Å². The number of fused-ring (bicyclic) bond motifs is 1. The molecule has 2 aromatic rings. The minimum atomic E-state index is -1.33. The highest BCUT2D eigenvalue weighted by Crippen LogP contribution is 2.23. The third-order valence-corrected chi connectivity index (χ3v) is 2.59. The van der Waals surface area contributed by atoms with Gasteiger partial charge in [-0.1, -0.05) is 30.3 Å². The van der Waals surface area contributed by atoms with Gasteiger partial charge < -0.3 is 14.6 Å². The molecule has 0 bridgehead atoms. The Hall–Kier alpha value is -2.03. The Balaban J connectivity index is 2.34. The molecule has 2 aromatic carbocycles. The molecule has 0 N–H and O–H groups in total. The largest absolute Gasteiger partial charge is 0.546 e. The van der Waals surface area contributed by atoms with Gasteiger partial charge in [-0.3, -0.25) is 0 Å². The van der Waals surface area contributed by atoms with Crippen molar-refractivity contribution < 1.29 is 14.6 Å². The van der Waals surface area contributed by atoms with Gasteiger partial charge in [0.05, 0.1) is 5.97 Å². The standard InChI is InChI=1S/C14H14O3/c1-14(2,13(15)16)17-12-8-7-10-5-3-4-6-11(10)9-12/h3-9H,1-2H3,(H,15,16)/p-1. The van der Waals surface area contributed by atoms with E-state index < -0.39 is 11.6 Å². The number of hydrogen-bond acceptors (Lipinski definition) is 3. The lowest BCUT2D eigenvalue weighted by atomic mass is 10.1. The van der Waals surface area contributed by atoms with E-state index in [-0.39, 0.29) is 0 Å². The summed E-state index contributed by atoms with van der Waals surface area (Å²) in [6.07, 6.45) is 0. The normalized spacial score (nSPS) is 11.4. The first-order valence-electron chi connectivity index (χ1n) is 5.38. The monoisotopic (exact) mass is 229 g/mol. The summed E-state index contributed by atoms with van der Waals surface area (Å²) in [6, 6.07) is 13.3. The second kappa shape index (κ2) is 4.09. The molecular weight excluding hydrogens is 216 g/mol. The van der Waals surface area contributed by atoms with Crippen molar-refractivity contribution in [2.75, 3.05) is 0 Å². The molecule has 0 aliphatic carbocycles. The van der Waals surface area contributed by atoms with E-state index in [4.69, 9.17) is 4.74 Å². The Labute approximate surface area is 99.6 Å². The van der Waals surface area contributed by atoms with Gasteiger partial charge in [0, 0.05) is 0 Å². The zero-order chi connectivity index (χ0) is 12.5. The maximum absolute atomic E-state index is 10.9. The van der Waals surface area contributed by atoms with Crippen LogP contribution in [-0.2, 0) is 4.79 Å². The van der Waals surface area contributed by atoms with E-state index in [1.54, 1.807) is 6.07 Å². The Morgan fingerprint density at radius 2 is 1.76 bits per heavy atom. The first kappa shape index (κ1) is 11.5. The molecule has 0 saturated heterocycles. The number of carboxylic acids is 1. The average Bonchev–Trinajstić information content (AvgIpc) is 2.28. The zero-order valence-corrected chi connectivity index (χ0v) is 9.77. The molecule has 3 nitrogen and oxygen atoms in total. The number of hydrogen-bond donors (Lipinski definition) is 0. The van der Waals surface area contributed by atoms with Gasteiger partial charge in [-0.25, -0.2) is 0 Å². The molecule has 0 amide bonds. The molecule has 0 aromatic heterocycles. The number of benzene rings is 2. The van der Waals surface area contributed by atoms with Crippen LogP contribution in [0.25, 0.3) is 10.8 Å². The second-order valence-corrected chi connectivity index (χ2v) is 4.41. The molecule has 0 atom stereocenters. The van der Waals surface area contributed by atoms with E-state index in [0.29, 0.717) is 5.75 Å². The molecule has 88 valence electrons. The van der Waals surface area contributed by atoms with Crippen molar-refractivity contribution >= 4 is 16.7 Å². The predicted molar refractivity (Wildman–Crippen MR) is 63.7 cm³/mol. The number of rotatable bonds is 3. The van der Waals surface area contributed by atoms with Crippen molar-refractivity contribution in [3.05, 3.63) is 42.5 Å². The minimum Gasteiger partial charge on any atom is -0.546 e. The summed E-state index contributed by atoms with van der Waals surface area (Å²) < 4.78 is 5.41. The van der Waals surface area contributed by atoms with Crippen LogP contribution >= 0.6 is 0 Å². The van der Waals surface area contributed by atoms with Crippen LogP contribution in [-0.4, -0.2) is 11.6 Å². The van der Waals surface area contributed by atoms with Gasteiger partial charge in [0.15, 0.2) is 0 Å². The maximum Gasteiger partial charge on any atom is 0.143 e. The molecular formula is C14H13O3-. The van der Waals surface area contributed by atoms with Gasteiger partial charge in [-0.2, -0.15) is 0 Å². The van der Waals surface area contributed by atoms with Gasteiger partial charge in [0.2, 0.25) is 0 Å². The summed E-state index contributed by atoms with van der Waals surface area (Å²) in [4.78, 5) is 10.9. The summed E-state index contributed by atoms with van der Waals surface area (Å²) in [6.45, 7) is 2.94.